The van der Waals surface area contributed by atoms with Crippen molar-refractivity contribution in [3.05, 3.63) is 0 Å². The van der Waals surface area contributed by atoms with Crippen molar-refractivity contribution in [3.8, 4) is 0 Å². The zero-order valence-corrected chi connectivity index (χ0v) is 11.7. The molecular formula is C13H24N2O4. The van der Waals surface area contributed by atoms with Crippen LogP contribution in [0.1, 0.15) is 39.5 Å². The molecule has 0 radical (unpaired) electrons. The Morgan fingerprint density at radius 3 is 2.58 bits per heavy atom. The van der Waals surface area contributed by atoms with E-state index < -0.39 is 5.97 Å². The van der Waals surface area contributed by atoms with E-state index >= 15 is 0 Å². The lowest BCUT2D eigenvalue weighted by atomic mass is 9.93. The molecule has 0 spiro atoms. The molecule has 19 heavy (non-hydrogen) atoms. The minimum Gasteiger partial charge on any atom is -0.481 e. The minimum atomic E-state index is -0.792. The zero-order valence-electron chi connectivity index (χ0n) is 11.7. The lowest BCUT2D eigenvalue weighted by Gasteiger charge is -2.34. The van der Waals surface area contributed by atoms with Crippen LogP contribution in [0, 0.1) is 5.92 Å². The van der Waals surface area contributed by atoms with E-state index in [1.807, 2.05) is 6.92 Å². The number of rotatable bonds is 6. The van der Waals surface area contributed by atoms with Crippen LogP contribution in [0.2, 0.25) is 0 Å². The number of ether oxygens (including phenoxy) is 1. The van der Waals surface area contributed by atoms with Gasteiger partial charge in [0.15, 0.2) is 0 Å². The summed E-state index contributed by atoms with van der Waals surface area (Å²) < 4.78 is 5.27. The molecule has 1 fully saturated rings. The Hall–Kier alpha value is -1.30. The summed E-state index contributed by atoms with van der Waals surface area (Å²) in [4.78, 5) is 22.3. The van der Waals surface area contributed by atoms with E-state index in [1.54, 1.807) is 6.92 Å². The van der Waals surface area contributed by atoms with Crippen molar-refractivity contribution >= 4 is 12.0 Å². The molecular weight excluding hydrogens is 248 g/mol. The number of carboxylic acids is 1. The Balaban J connectivity index is 2.15. The molecule has 6 heteroatoms. The Morgan fingerprint density at radius 1 is 1.37 bits per heavy atom. The standard InChI is InChI=1S/C13H24N2O4/c1-10(11(16)17)4-3-7-14-12(18)15-13(2)5-8-19-9-6-13/h10H,3-9H2,1-2H3,(H,16,17)(H2,14,15,18). The van der Waals surface area contributed by atoms with Crippen molar-refractivity contribution in [2.45, 2.75) is 45.1 Å². The molecule has 3 N–H and O–H groups in total. The Kier molecular flexibility index (Phi) is 6.08. The van der Waals surface area contributed by atoms with Crippen LogP contribution in [0.4, 0.5) is 4.79 Å². The van der Waals surface area contributed by atoms with Crippen LogP contribution in [0.3, 0.4) is 0 Å². The first-order chi connectivity index (χ1) is 8.93. The number of nitrogens with one attached hydrogen (secondary N) is 2. The van der Waals surface area contributed by atoms with Crippen molar-refractivity contribution in [1.29, 1.82) is 0 Å². The largest absolute Gasteiger partial charge is 0.481 e. The van der Waals surface area contributed by atoms with Gasteiger partial charge in [-0.15, -0.1) is 0 Å². The number of urea groups is 1. The molecule has 1 unspecified atom stereocenters. The highest BCUT2D eigenvalue weighted by atomic mass is 16.5. The molecule has 2 amide bonds. The quantitative estimate of drug-likeness (QED) is 0.637. The third kappa shape index (κ3) is 5.92. The molecule has 1 aliphatic rings. The molecule has 0 aromatic rings. The normalized spacial score (nSPS) is 19.5. The molecule has 0 aromatic carbocycles. The number of carbonyl (C=O) groups excluding carboxylic acids is 1. The summed E-state index contributed by atoms with van der Waals surface area (Å²) in [5, 5.41) is 14.5. The molecule has 1 rings (SSSR count). The summed E-state index contributed by atoms with van der Waals surface area (Å²) in [5.74, 6) is -1.16. The van der Waals surface area contributed by atoms with Gasteiger partial charge >= 0.3 is 12.0 Å². The van der Waals surface area contributed by atoms with Gasteiger partial charge in [0.2, 0.25) is 0 Å². The fourth-order valence-electron chi connectivity index (χ4n) is 2.00. The number of carbonyl (C=O) groups is 2. The first kappa shape index (κ1) is 15.8. The van der Waals surface area contributed by atoms with Gasteiger partial charge in [0.05, 0.1) is 5.92 Å². The van der Waals surface area contributed by atoms with Crippen LogP contribution in [0.15, 0.2) is 0 Å². The third-order valence-corrected chi connectivity index (χ3v) is 3.53. The van der Waals surface area contributed by atoms with Crippen molar-refractivity contribution in [2.75, 3.05) is 19.8 Å². The molecule has 0 aromatic heterocycles. The molecule has 0 saturated carbocycles. The van der Waals surface area contributed by atoms with Crippen LogP contribution in [0.5, 0.6) is 0 Å². The van der Waals surface area contributed by atoms with Gasteiger partial charge in [-0.1, -0.05) is 6.92 Å². The maximum absolute atomic E-state index is 11.7. The number of aliphatic carboxylic acids is 1. The summed E-state index contributed by atoms with van der Waals surface area (Å²) in [5.41, 5.74) is -0.198. The number of hydrogen-bond donors (Lipinski definition) is 3. The molecule has 0 aliphatic carbocycles. The van der Waals surface area contributed by atoms with Gasteiger partial charge in [-0.2, -0.15) is 0 Å². The summed E-state index contributed by atoms with van der Waals surface area (Å²) in [6, 6.07) is -0.188. The van der Waals surface area contributed by atoms with Gasteiger partial charge in [0.1, 0.15) is 0 Å². The second-order valence-corrected chi connectivity index (χ2v) is 5.44. The van der Waals surface area contributed by atoms with Crippen molar-refractivity contribution in [1.82, 2.24) is 10.6 Å². The van der Waals surface area contributed by atoms with E-state index in [9.17, 15) is 9.59 Å². The molecule has 1 atom stereocenters. The lowest BCUT2D eigenvalue weighted by Crippen LogP contribution is -2.53. The first-order valence-corrected chi connectivity index (χ1v) is 6.79. The predicted molar refractivity (Wildman–Crippen MR) is 71.0 cm³/mol. The van der Waals surface area contributed by atoms with Gasteiger partial charge in [0, 0.05) is 25.3 Å². The highest BCUT2D eigenvalue weighted by Crippen LogP contribution is 2.19. The summed E-state index contributed by atoms with van der Waals surface area (Å²) in [7, 11) is 0. The lowest BCUT2D eigenvalue weighted by molar-refractivity contribution is -0.141. The fraction of sp³-hybridized carbons (Fsp3) is 0.846. The summed E-state index contributed by atoms with van der Waals surface area (Å²) >= 11 is 0. The highest BCUT2D eigenvalue weighted by Gasteiger charge is 2.28. The van der Waals surface area contributed by atoms with Crippen molar-refractivity contribution in [3.63, 3.8) is 0 Å². The minimum absolute atomic E-state index is 0.188. The average molecular weight is 272 g/mol. The number of amides is 2. The summed E-state index contributed by atoms with van der Waals surface area (Å²) in [6.45, 7) is 5.53. The first-order valence-electron chi connectivity index (χ1n) is 6.79. The van der Waals surface area contributed by atoms with E-state index in [0.29, 0.717) is 32.6 Å². The molecule has 1 heterocycles. The number of hydrogen-bond acceptors (Lipinski definition) is 3. The van der Waals surface area contributed by atoms with E-state index in [-0.39, 0.29) is 17.5 Å². The Labute approximate surface area is 113 Å². The molecule has 110 valence electrons. The second kappa shape index (κ2) is 7.33. The summed E-state index contributed by atoms with van der Waals surface area (Å²) in [6.07, 6.45) is 2.87. The van der Waals surface area contributed by atoms with Gasteiger partial charge < -0.3 is 20.5 Å². The van der Waals surface area contributed by atoms with Crippen LogP contribution < -0.4 is 10.6 Å². The monoisotopic (exact) mass is 272 g/mol. The average Bonchev–Trinajstić information content (AvgIpc) is 2.34. The van der Waals surface area contributed by atoms with E-state index in [1.165, 1.54) is 0 Å². The van der Waals surface area contributed by atoms with Gasteiger partial charge in [-0.05, 0) is 32.6 Å². The van der Waals surface area contributed by atoms with Gasteiger partial charge in [-0.25, -0.2) is 4.79 Å². The van der Waals surface area contributed by atoms with E-state index in [2.05, 4.69) is 10.6 Å². The van der Waals surface area contributed by atoms with Gasteiger partial charge in [-0.3, -0.25) is 4.79 Å². The fourth-order valence-corrected chi connectivity index (χ4v) is 2.00. The smallest absolute Gasteiger partial charge is 0.315 e. The van der Waals surface area contributed by atoms with E-state index in [0.717, 1.165) is 12.8 Å². The maximum atomic E-state index is 11.7. The Bertz CT molecular complexity index is 314. The maximum Gasteiger partial charge on any atom is 0.315 e. The van der Waals surface area contributed by atoms with Crippen molar-refractivity contribution in [2.24, 2.45) is 5.92 Å². The van der Waals surface area contributed by atoms with Crippen LogP contribution in [-0.2, 0) is 9.53 Å². The van der Waals surface area contributed by atoms with E-state index in [4.69, 9.17) is 9.84 Å². The highest BCUT2D eigenvalue weighted by molar-refractivity contribution is 5.74. The molecule has 0 bridgehead atoms. The van der Waals surface area contributed by atoms with Crippen LogP contribution in [-0.4, -0.2) is 42.4 Å². The molecule has 1 saturated heterocycles. The topological polar surface area (TPSA) is 87.7 Å². The van der Waals surface area contributed by atoms with Crippen LogP contribution in [0.25, 0.3) is 0 Å². The SMILES string of the molecule is CC(CCCNC(=O)NC1(C)CCOCC1)C(=O)O. The molecule has 1 aliphatic heterocycles. The van der Waals surface area contributed by atoms with Crippen LogP contribution >= 0.6 is 0 Å². The zero-order chi connectivity index (χ0) is 14.3. The van der Waals surface area contributed by atoms with Gasteiger partial charge in [0.25, 0.3) is 0 Å². The predicted octanol–water partition coefficient (Wildman–Crippen LogP) is 1.36. The molecule has 6 nitrogen and oxygen atoms in total. The van der Waals surface area contributed by atoms with Crippen molar-refractivity contribution < 1.29 is 19.4 Å². The third-order valence-electron chi connectivity index (χ3n) is 3.53. The second-order valence-electron chi connectivity index (χ2n) is 5.44. The number of carboxylic acid groups (broad SMARTS) is 1. The Morgan fingerprint density at radius 2 is 2.00 bits per heavy atom.